The van der Waals surface area contributed by atoms with E-state index >= 15 is 0 Å². The topological polar surface area (TPSA) is 64.6 Å². The molecule has 0 aliphatic heterocycles. The Morgan fingerprint density at radius 3 is 2.24 bits per heavy atom. The van der Waals surface area contributed by atoms with Gasteiger partial charge in [0, 0.05) is 12.6 Å². The summed E-state index contributed by atoms with van der Waals surface area (Å²) >= 11 is 0. The summed E-state index contributed by atoms with van der Waals surface area (Å²) in [5.41, 5.74) is 0.464. The molecule has 0 saturated carbocycles. The molecular weight excluding hydrogens is 387 g/mol. The van der Waals surface area contributed by atoms with Gasteiger partial charge in [0.05, 0.1) is 12.7 Å². The second-order valence-electron chi connectivity index (χ2n) is 6.10. The molecule has 0 bridgehead atoms. The number of hydrogen-bond acceptors (Lipinski definition) is 4. The summed E-state index contributed by atoms with van der Waals surface area (Å²) in [6.07, 6.45) is -3.09. The van der Waals surface area contributed by atoms with Gasteiger partial charge in [-0.15, -0.1) is 0 Å². The Morgan fingerprint density at radius 1 is 1.07 bits per heavy atom. The Balaban J connectivity index is 1.82. The van der Waals surface area contributed by atoms with Crippen LogP contribution in [0.15, 0.2) is 54.6 Å². The molecule has 5 nitrogen and oxygen atoms in total. The van der Waals surface area contributed by atoms with Crippen LogP contribution in [0.25, 0.3) is 6.08 Å². The average Bonchev–Trinajstić information content (AvgIpc) is 2.70. The van der Waals surface area contributed by atoms with E-state index in [0.29, 0.717) is 11.3 Å². The number of esters is 1. The standard InChI is InChI=1S/C21H20F3NO4/c1-14(20(27)25-13-16-5-10-18(28-2)11-6-16)29-19(26)12-7-15-3-8-17(9-4-15)21(22,23)24/h3-12,14H,13H2,1-2H3,(H,25,27)/b12-7+/t14-/m0/s1. The van der Waals surface area contributed by atoms with E-state index in [4.69, 9.17) is 9.47 Å². The number of carbonyl (C=O) groups excluding carboxylic acids is 2. The van der Waals surface area contributed by atoms with Crippen molar-refractivity contribution in [2.24, 2.45) is 0 Å². The van der Waals surface area contributed by atoms with E-state index < -0.39 is 29.7 Å². The fourth-order valence-corrected chi connectivity index (χ4v) is 2.29. The van der Waals surface area contributed by atoms with Crippen LogP contribution in [-0.4, -0.2) is 25.1 Å². The van der Waals surface area contributed by atoms with Crippen LogP contribution in [0.3, 0.4) is 0 Å². The molecule has 0 aliphatic carbocycles. The van der Waals surface area contributed by atoms with Crippen molar-refractivity contribution >= 4 is 18.0 Å². The lowest BCUT2D eigenvalue weighted by Crippen LogP contribution is -2.35. The maximum Gasteiger partial charge on any atom is 0.416 e. The van der Waals surface area contributed by atoms with Crippen molar-refractivity contribution in [1.29, 1.82) is 0 Å². The molecule has 1 N–H and O–H groups in total. The molecule has 0 fully saturated rings. The molecule has 0 heterocycles. The van der Waals surface area contributed by atoms with Crippen LogP contribution in [0.4, 0.5) is 13.2 Å². The Bertz CT molecular complexity index is 859. The lowest BCUT2D eigenvalue weighted by atomic mass is 10.1. The number of ether oxygens (including phenoxy) is 2. The Labute approximate surface area is 166 Å². The van der Waals surface area contributed by atoms with Gasteiger partial charge in [-0.05, 0) is 48.4 Å². The van der Waals surface area contributed by atoms with Gasteiger partial charge in [0.25, 0.3) is 5.91 Å². The van der Waals surface area contributed by atoms with E-state index in [1.165, 1.54) is 25.1 Å². The molecule has 8 heteroatoms. The summed E-state index contributed by atoms with van der Waals surface area (Å²) in [7, 11) is 1.55. The zero-order valence-electron chi connectivity index (χ0n) is 15.8. The second kappa shape index (κ2) is 9.77. The fraction of sp³-hybridized carbons (Fsp3) is 0.238. The first-order valence-electron chi connectivity index (χ1n) is 8.65. The smallest absolute Gasteiger partial charge is 0.416 e. The highest BCUT2D eigenvalue weighted by atomic mass is 19.4. The van der Waals surface area contributed by atoms with Crippen LogP contribution in [0.2, 0.25) is 0 Å². The zero-order valence-corrected chi connectivity index (χ0v) is 15.8. The highest BCUT2D eigenvalue weighted by molar-refractivity contribution is 5.90. The molecule has 0 aliphatic rings. The van der Waals surface area contributed by atoms with Gasteiger partial charge in [-0.25, -0.2) is 4.79 Å². The summed E-state index contributed by atoms with van der Waals surface area (Å²) in [6, 6.07) is 11.4. The highest BCUT2D eigenvalue weighted by Crippen LogP contribution is 2.29. The molecule has 2 aromatic rings. The molecule has 154 valence electrons. The number of benzene rings is 2. The predicted molar refractivity (Wildman–Crippen MR) is 101 cm³/mol. The minimum atomic E-state index is -4.42. The van der Waals surface area contributed by atoms with Crippen LogP contribution >= 0.6 is 0 Å². The van der Waals surface area contributed by atoms with Crippen LogP contribution < -0.4 is 10.1 Å². The largest absolute Gasteiger partial charge is 0.497 e. The summed E-state index contributed by atoms with van der Waals surface area (Å²) in [4.78, 5) is 23.9. The normalized spacial score (nSPS) is 12.4. The number of methoxy groups -OCH3 is 1. The number of alkyl halides is 3. The van der Waals surface area contributed by atoms with Crippen molar-refractivity contribution < 1.29 is 32.2 Å². The van der Waals surface area contributed by atoms with Gasteiger partial charge in [-0.2, -0.15) is 13.2 Å². The number of halogens is 3. The molecule has 0 radical (unpaired) electrons. The number of rotatable bonds is 7. The van der Waals surface area contributed by atoms with Gasteiger partial charge in [0.2, 0.25) is 0 Å². The third-order valence-electron chi connectivity index (χ3n) is 3.94. The Kier molecular flexibility index (Phi) is 7.41. The molecule has 1 amide bonds. The maximum atomic E-state index is 12.5. The van der Waals surface area contributed by atoms with Gasteiger partial charge in [0.15, 0.2) is 6.10 Å². The molecule has 0 aromatic heterocycles. The van der Waals surface area contributed by atoms with Crippen molar-refractivity contribution in [1.82, 2.24) is 5.32 Å². The molecule has 0 spiro atoms. The van der Waals surface area contributed by atoms with E-state index in [9.17, 15) is 22.8 Å². The van der Waals surface area contributed by atoms with E-state index in [1.54, 1.807) is 31.4 Å². The minimum absolute atomic E-state index is 0.256. The van der Waals surface area contributed by atoms with Crippen LogP contribution in [0.1, 0.15) is 23.6 Å². The van der Waals surface area contributed by atoms with E-state index in [1.807, 2.05) is 0 Å². The lowest BCUT2D eigenvalue weighted by molar-refractivity contribution is -0.150. The quantitative estimate of drug-likeness (QED) is 0.557. The van der Waals surface area contributed by atoms with Gasteiger partial charge in [0.1, 0.15) is 5.75 Å². The van der Waals surface area contributed by atoms with Crippen LogP contribution in [0.5, 0.6) is 5.75 Å². The van der Waals surface area contributed by atoms with Crippen molar-refractivity contribution in [3.63, 3.8) is 0 Å². The zero-order chi connectivity index (χ0) is 21.4. The van der Waals surface area contributed by atoms with Gasteiger partial charge in [-0.3, -0.25) is 4.79 Å². The second-order valence-corrected chi connectivity index (χ2v) is 6.10. The summed E-state index contributed by atoms with van der Waals surface area (Å²) in [5.74, 6) is -0.559. The molecular formula is C21H20F3NO4. The monoisotopic (exact) mass is 407 g/mol. The molecule has 29 heavy (non-hydrogen) atoms. The fourth-order valence-electron chi connectivity index (χ4n) is 2.29. The molecule has 2 aromatic carbocycles. The third kappa shape index (κ3) is 6.99. The van der Waals surface area contributed by atoms with E-state index in [2.05, 4.69) is 5.32 Å². The SMILES string of the molecule is COc1ccc(CNC(=O)[C@H](C)OC(=O)/C=C/c2ccc(C(F)(F)F)cc2)cc1. The van der Waals surface area contributed by atoms with Crippen molar-refractivity contribution in [2.45, 2.75) is 25.7 Å². The third-order valence-corrected chi connectivity index (χ3v) is 3.94. The van der Waals surface area contributed by atoms with Gasteiger partial charge >= 0.3 is 12.1 Å². The molecule has 0 unspecified atom stereocenters. The van der Waals surface area contributed by atoms with Gasteiger partial charge in [-0.1, -0.05) is 24.3 Å². The maximum absolute atomic E-state index is 12.5. The Hall–Kier alpha value is -3.29. The number of amides is 1. The average molecular weight is 407 g/mol. The van der Waals surface area contributed by atoms with Crippen molar-refractivity contribution in [3.05, 3.63) is 71.3 Å². The number of carbonyl (C=O) groups is 2. The highest BCUT2D eigenvalue weighted by Gasteiger charge is 2.29. The first-order valence-corrected chi connectivity index (χ1v) is 8.65. The van der Waals surface area contributed by atoms with Crippen molar-refractivity contribution in [3.8, 4) is 5.75 Å². The first kappa shape index (κ1) is 22.0. The summed E-state index contributed by atoms with van der Waals surface area (Å²) < 4.78 is 47.6. The van der Waals surface area contributed by atoms with E-state index in [-0.39, 0.29) is 6.54 Å². The molecule has 1 atom stereocenters. The molecule has 0 saturated heterocycles. The minimum Gasteiger partial charge on any atom is -0.497 e. The Morgan fingerprint density at radius 2 is 1.69 bits per heavy atom. The number of nitrogens with one attached hydrogen (secondary N) is 1. The van der Waals surface area contributed by atoms with Crippen molar-refractivity contribution in [2.75, 3.05) is 7.11 Å². The number of hydrogen-bond donors (Lipinski definition) is 1. The predicted octanol–water partition coefficient (Wildman–Crippen LogP) is 3.98. The van der Waals surface area contributed by atoms with E-state index in [0.717, 1.165) is 23.8 Å². The summed E-state index contributed by atoms with van der Waals surface area (Å²) in [5, 5.41) is 2.65. The lowest BCUT2D eigenvalue weighted by Gasteiger charge is -2.12. The first-order chi connectivity index (χ1) is 13.7. The van der Waals surface area contributed by atoms with Crippen LogP contribution in [0, 0.1) is 0 Å². The summed E-state index contributed by atoms with van der Waals surface area (Å²) in [6.45, 7) is 1.68. The van der Waals surface area contributed by atoms with Gasteiger partial charge < -0.3 is 14.8 Å². The van der Waals surface area contributed by atoms with Crippen LogP contribution in [-0.2, 0) is 27.0 Å². The molecule has 2 rings (SSSR count).